The lowest BCUT2D eigenvalue weighted by Gasteiger charge is -2.32. The van der Waals surface area contributed by atoms with E-state index in [0.29, 0.717) is 17.9 Å². The molecule has 1 aromatic rings. The molecular weight excluding hydrogens is 239 g/mol. The molecule has 0 saturated heterocycles. The fourth-order valence-corrected chi connectivity index (χ4v) is 2.92. The Bertz CT molecular complexity index is 423. The molecule has 0 radical (unpaired) electrons. The van der Waals surface area contributed by atoms with Crippen LogP contribution in [-0.4, -0.2) is 6.04 Å². The van der Waals surface area contributed by atoms with Crippen molar-refractivity contribution >= 4 is 5.69 Å². The SMILES string of the molecule is CC1CC(C)CC(Nc2cc(F)c(F)cc2F)C1. The fraction of sp³-hybridized carbons (Fsp3) is 0.571. The molecule has 0 heterocycles. The number of hydrogen-bond acceptors (Lipinski definition) is 1. The summed E-state index contributed by atoms with van der Waals surface area (Å²) in [5.41, 5.74) is 0.0557. The highest BCUT2D eigenvalue weighted by atomic mass is 19.2. The van der Waals surface area contributed by atoms with Crippen LogP contribution in [0.1, 0.15) is 33.1 Å². The molecule has 1 N–H and O–H groups in total. The van der Waals surface area contributed by atoms with Gasteiger partial charge in [0.05, 0.1) is 5.69 Å². The third-order valence-electron chi connectivity index (χ3n) is 3.55. The largest absolute Gasteiger partial charge is 0.380 e. The Morgan fingerprint density at radius 2 is 1.44 bits per heavy atom. The second kappa shape index (κ2) is 5.21. The zero-order valence-corrected chi connectivity index (χ0v) is 10.6. The van der Waals surface area contributed by atoms with E-state index < -0.39 is 17.5 Å². The molecule has 1 nitrogen and oxygen atoms in total. The van der Waals surface area contributed by atoms with Crippen LogP contribution in [0.2, 0.25) is 0 Å². The van der Waals surface area contributed by atoms with Crippen LogP contribution in [0.15, 0.2) is 12.1 Å². The summed E-state index contributed by atoms with van der Waals surface area (Å²) in [5.74, 6) is -1.77. The van der Waals surface area contributed by atoms with Crippen LogP contribution in [0.5, 0.6) is 0 Å². The van der Waals surface area contributed by atoms with Crippen molar-refractivity contribution in [3.05, 3.63) is 29.6 Å². The van der Waals surface area contributed by atoms with Crippen LogP contribution in [0.25, 0.3) is 0 Å². The first kappa shape index (κ1) is 13.2. The smallest absolute Gasteiger partial charge is 0.161 e. The maximum absolute atomic E-state index is 13.5. The molecule has 18 heavy (non-hydrogen) atoms. The topological polar surface area (TPSA) is 12.0 Å². The lowest BCUT2D eigenvalue weighted by atomic mass is 9.80. The number of benzene rings is 1. The first-order valence-corrected chi connectivity index (χ1v) is 6.36. The second-order valence-electron chi connectivity index (χ2n) is 5.50. The lowest BCUT2D eigenvalue weighted by Crippen LogP contribution is -2.30. The third kappa shape index (κ3) is 2.98. The highest BCUT2D eigenvalue weighted by Gasteiger charge is 2.24. The third-order valence-corrected chi connectivity index (χ3v) is 3.55. The van der Waals surface area contributed by atoms with Crippen LogP contribution < -0.4 is 5.32 Å². The van der Waals surface area contributed by atoms with Gasteiger partial charge in [0, 0.05) is 18.2 Å². The molecule has 0 aliphatic heterocycles. The molecule has 2 rings (SSSR count). The zero-order chi connectivity index (χ0) is 13.3. The van der Waals surface area contributed by atoms with E-state index in [1.54, 1.807) is 0 Å². The van der Waals surface area contributed by atoms with Crippen LogP contribution in [0.4, 0.5) is 18.9 Å². The van der Waals surface area contributed by atoms with Gasteiger partial charge in [0.25, 0.3) is 0 Å². The van der Waals surface area contributed by atoms with Crippen molar-refractivity contribution in [2.24, 2.45) is 11.8 Å². The van der Waals surface area contributed by atoms with E-state index in [4.69, 9.17) is 0 Å². The number of nitrogens with one attached hydrogen (secondary N) is 1. The minimum atomic E-state index is -1.15. The standard InChI is InChI=1S/C14H18F3N/c1-8-3-9(2)5-10(4-8)18-14-7-12(16)11(15)6-13(14)17/h6-10,18H,3-5H2,1-2H3. The summed E-state index contributed by atoms with van der Waals surface area (Å²) >= 11 is 0. The molecule has 0 aromatic heterocycles. The van der Waals surface area contributed by atoms with Crippen molar-refractivity contribution < 1.29 is 13.2 Å². The summed E-state index contributed by atoms with van der Waals surface area (Å²) in [5, 5.41) is 3.00. The molecular formula is C14H18F3N. The Balaban J connectivity index is 2.11. The van der Waals surface area contributed by atoms with E-state index in [2.05, 4.69) is 19.2 Å². The molecule has 4 heteroatoms. The predicted octanol–water partition coefficient (Wildman–Crippen LogP) is 4.34. The summed E-state index contributed by atoms with van der Waals surface area (Å²) in [6, 6.07) is 1.62. The van der Waals surface area contributed by atoms with Crippen molar-refractivity contribution in [1.29, 1.82) is 0 Å². The first-order chi connectivity index (χ1) is 8.45. The van der Waals surface area contributed by atoms with Gasteiger partial charge in [-0.25, -0.2) is 13.2 Å². The van der Waals surface area contributed by atoms with Gasteiger partial charge in [-0.05, 0) is 31.1 Å². The van der Waals surface area contributed by atoms with Gasteiger partial charge in [-0.3, -0.25) is 0 Å². The Hall–Kier alpha value is -1.19. The van der Waals surface area contributed by atoms with Crippen LogP contribution in [0, 0.1) is 29.3 Å². The van der Waals surface area contributed by atoms with Gasteiger partial charge < -0.3 is 5.32 Å². The van der Waals surface area contributed by atoms with Gasteiger partial charge in [0.2, 0.25) is 0 Å². The van der Waals surface area contributed by atoms with Crippen molar-refractivity contribution in [1.82, 2.24) is 0 Å². The maximum Gasteiger partial charge on any atom is 0.161 e. The molecule has 0 bridgehead atoms. The highest BCUT2D eigenvalue weighted by Crippen LogP contribution is 2.31. The normalized spacial score (nSPS) is 28.2. The van der Waals surface area contributed by atoms with Crippen molar-refractivity contribution in [2.45, 2.75) is 39.2 Å². The van der Waals surface area contributed by atoms with Crippen LogP contribution >= 0.6 is 0 Å². The molecule has 1 aromatic carbocycles. The van der Waals surface area contributed by atoms with E-state index >= 15 is 0 Å². The number of halogens is 3. The molecule has 1 aliphatic carbocycles. The second-order valence-corrected chi connectivity index (χ2v) is 5.50. The van der Waals surface area contributed by atoms with Gasteiger partial charge in [-0.2, -0.15) is 0 Å². The van der Waals surface area contributed by atoms with Gasteiger partial charge in [0.1, 0.15) is 5.82 Å². The summed E-state index contributed by atoms with van der Waals surface area (Å²) < 4.78 is 39.4. The Labute approximate surface area is 105 Å². The summed E-state index contributed by atoms with van der Waals surface area (Å²) in [7, 11) is 0. The highest BCUT2D eigenvalue weighted by molar-refractivity contribution is 5.46. The molecule has 2 unspecified atom stereocenters. The van der Waals surface area contributed by atoms with E-state index in [0.717, 1.165) is 18.9 Å². The van der Waals surface area contributed by atoms with Crippen LogP contribution in [-0.2, 0) is 0 Å². The predicted molar refractivity (Wildman–Crippen MR) is 65.9 cm³/mol. The lowest BCUT2D eigenvalue weighted by molar-refractivity contribution is 0.280. The van der Waals surface area contributed by atoms with Gasteiger partial charge in [0.15, 0.2) is 11.6 Å². The molecule has 0 amide bonds. The van der Waals surface area contributed by atoms with Gasteiger partial charge in [-0.1, -0.05) is 13.8 Å². The first-order valence-electron chi connectivity index (χ1n) is 6.36. The molecule has 0 spiro atoms. The molecule has 100 valence electrons. The Morgan fingerprint density at radius 1 is 0.889 bits per heavy atom. The summed E-state index contributed by atoms with van der Waals surface area (Å²) in [4.78, 5) is 0. The van der Waals surface area contributed by atoms with Crippen LogP contribution in [0.3, 0.4) is 0 Å². The number of rotatable bonds is 2. The summed E-state index contributed by atoms with van der Waals surface area (Å²) in [6.07, 6.45) is 3.03. The monoisotopic (exact) mass is 257 g/mol. The average Bonchev–Trinajstić information content (AvgIpc) is 2.24. The Morgan fingerprint density at radius 3 is 2.06 bits per heavy atom. The van der Waals surface area contributed by atoms with E-state index in [1.807, 2.05) is 0 Å². The minimum Gasteiger partial charge on any atom is -0.380 e. The van der Waals surface area contributed by atoms with E-state index in [-0.39, 0.29) is 11.7 Å². The van der Waals surface area contributed by atoms with Gasteiger partial charge >= 0.3 is 0 Å². The molecule has 1 aliphatic rings. The van der Waals surface area contributed by atoms with Crippen molar-refractivity contribution in [3.63, 3.8) is 0 Å². The average molecular weight is 257 g/mol. The quantitative estimate of drug-likeness (QED) is 0.777. The van der Waals surface area contributed by atoms with Crippen molar-refractivity contribution in [2.75, 3.05) is 5.32 Å². The Kier molecular flexibility index (Phi) is 3.83. The van der Waals surface area contributed by atoms with Gasteiger partial charge in [-0.15, -0.1) is 0 Å². The number of anilines is 1. The molecule has 1 saturated carbocycles. The van der Waals surface area contributed by atoms with Crippen molar-refractivity contribution in [3.8, 4) is 0 Å². The van der Waals surface area contributed by atoms with E-state index in [9.17, 15) is 13.2 Å². The van der Waals surface area contributed by atoms with E-state index in [1.165, 1.54) is 6.42 Å². The molecule has 1 fully saturated rings. The molecule has 2 atom stereocenters. The maximum atomic E-state index is 13.5. The zero-order valence-electron chi connectivity index (χ0n) is 10.6. The number of hydrogen-bond donors (Lipinski definition) is 1. The fourth-order valence-electron chi connectivity index (χ4n) is 2.92. The minimum absolute atomic E-state index is 0.0557. The summed E-state index contributed by atoms with van der Waals surface area (Å²) in [6.45, 7) is 4.32.